The van der Waals surface area contributed by atoms with Crippen molar-refractivity contribution in [3.05, 3.63) is 28.8 Å². The van der Waals surface area contributed by atoms with Gasteiger partial charge in [0.25, 0.3) is 5.91 Å². The maximum Gasteiger partial charge on any atom is 0.341 e. The molecule has 21 heavy (non-hydrogen) atoms. The molecule has 0 radical (unpaired) electrons. The molecule has 116 valence electrons. The van der Waals surface area contributed by atoms with Crippen LogP contribution >= 0.6 is 11.6 Å². The van der Waals surface area contributed by atoms with E-state index in [-0.39, 0.29) is 23.2 Å². The van der Waals surface area contributed by atoms with E-state index in [1.54, 1.807) is 6.07 Å². The van der Waals surface area contributed by atoms with E-state index in [4.69, 9.17) is 22.1 Å². The average Bonchev–Trinajstić information content (AvgIpc) is 2.38. The van der Waals surface area contributed by atoms with Crippen LogP contribution in [-0.2, 0) is 9.53 Å². The zero-order valence-electron chi connectivity index (χ0n) is 12.5. The minimum atomic E-state index is -0.883. The number of ether oxygens (including phenoxy) is 1. The van der Waals surface area contributed by atoms with Gasteiger partial charge in [-0.25, -0.2) is 4.79 Å². The minimum Gasteiger partial charge on any atom is -0.449 e. The van der Waals surface area contributed by atoms with E-state index >= 15 is 0 Å². The van der Waals surface area contributed by atoms with E-state index in [1.807, 2.05) is 13.8 Å². The lowest BCUT2D eigenvalue weighted by Gasteiger charge is -2.17. The first kappa shape index (κ1) is 17.3. The van der Waals surface area contributed by atoms with E-state index < -0.39 is 12.1 Å². The Hall–Kier alpha value is -1.75. The van der Waals surface area contributed by atoms with Crippen LogP contribution in [0.2, 0.25) is 5.02 Å². The van der Waals surface area contributed by atoms with Gasteiger partial charge >= 0.3 is 5.97 Å². The molecule has 1 aromatic carbocycles. The van der Waals surface area contributed by atoms with Crippen molar-refractivity contribution < 1.29 is 14.3 Å². The summed E-state index contributed by atoms with van der Waals surface area (Å²) in [6.07, 6.45) is 0.958. The molecule has 1 rings (SSSR count). The van der Waals surface area contributed by atoms with Crippen LogP contribution in [-0.4, -0.2) is 24.0 Å². The largest absolute Gasteiger partial charge is 0.449 e. The number of nitrogens with one attached hydrogen (secondary N) is 1. The van der Waals surface area contributed by atoms with Gasteiger partial charge in [-0.1, -0.05) is 24.9 Å². The number of benzene rings is 1. The van der Waals surface area contributed by atoms with Crippen molar-refractivity contribution in [2.45, 2.75) is 45.8 Å². The molecular formula is C15H21ClN2O3. The molecule has 6 heteroatoms. The fourth-order valence-corrected chi connectivity index (χ4v) is 2.04. The number of carbonyl (C=O) groups excluding carboxylic acids is 2. The standard InChI is InChI=1S/C15H21ClN2O3/c1-4-5-9(2)18-14(19)10(3)21-15(20)12-7-6-11(16)8-13(12)17/h6-10H,4-5,17H2,1-3H3,(H,18,19). The predicted molar refractivity (Wildman–Crippen MR) is 83.3 cm³/mol. The Balaban J connectivity index is 2.63. The number of hydrogen-bond donors (Lipinski definition) is 2. The maximum atomic E-state index is 12.0. The quantitative estimate of drug-likeness (QED) is 0.625. The maximum absolute atomic E-state index is 12.0. The van der Waals surface area contributed by atoms with Gasteiger partial charge in [-0.3, -0.25) is 4.79 Å². The molecule has 0 saturated heterocycles. The van der Waals surface area contributed by atoms with Crippen LogP contribution in [0.1, 0.15) is 44.0 Å². The SMILES string of the molecule is CCCC(C)NC(=O)C(C)OC(=O)c1ccc(Cl)cc1N. The third kappa shape index (κ3) is 5.27. The normalized spacial score (nSPS) is 13.3. The monoisotopic (exact) mass is 312 g/mol. The third-order valence-electron chi connectivity index (χ3n) is 3.00. The Kier molecular flexibility index (Phi) is 6.49. The van der Waals surface area contributed by atoms with Gasteiger partial charge in [0, 0.05) is 16.8 Å². The number of nitrogen functional groups attached to an aromatic ring is 1. The number of esters is 1. The van der Waals surface area contributed by atoms with Crippen molar-refractivity contribution in [2.24, 2.45) is 0 Å². The summed E-state index contributed by atoms with van der Waals surface area (Å²) in [6, 6.07) is 4.53. The van der Waals surface area contributed by atoms with Gasteiger partial charge in [-0.2, -0.15) is 0 Å². The van der Waals surface area contributed by atoms with E-state index in [1.165, 1.54) is 19.1 Å². The summed E-state index contributed by atoms with van der Waals surface area (Å²) >= 11 is 5.77. The molecule has 1 amide bonds. The number of hydrogen-bond acceptors (Lipinski definition) is 4. The van der Waals surface area contributed by atoms with Crippen molar-refractivity contribution in [3.8, 4) is 0 Å². The third-order valence-corrected chi connectivity index (χ3v) is 3.23. The molecule has 3 N–H and O–H groups in total. The lowest BCUT2D eigenvalue weighted by Crippen LogP contribution is -2.40. The molecule has 0 spiro atoms. The fraction of sp³-hybridized carbons (Fsp3) is 0.467. The highest BCUT2D eigenvalue weighted by atomic mass is 35.5. The Morgan fingerprint density at radius 2 is 2.05 bits per heavy atom. The van der Waals surface area contributed by atoms with Crippen molar-refractivity contribution in [1.29, 1.82) is 0 Å². The van der Waals surface area contributed by atoms with E-state index in [0.717, 1.165) is 12.8 Å². The number of rotatable bonds is 6. The lowest BCUT2D eigenvalue weighted by atomic mass is 10.2. The summed E-state index contributed by atoms with van der Waals surface area (Å²) in [6.45, 7) is 5.47. The van der Waals surface area contributed by atoms with E-state index in [9.17, 15) is 9.59 Å². The van der Waals surface area contributed by atoms with Gasteiger partial charge in [0.05, 0.1) is 5.56 Å². The van der Waals surface area contributed by atoms with Crippen LogP contribution in [0.5, 0.6) is 0 Å². The number of nitrogens with two attached hydrogens (primary N) is 1. The first-order valence-electron chi connectivity index (χ1n) is 6.91. The molecule has 0 bridgehead atoms. The lowest BCUT2D eigenvalue weighted by molar-refractivity contribution is -0.129. The van der Waals surface area contributed by atoms with E-state index in [0.29, 0.717) is 5.02 Å². The van der Waals surface area contributed by atoms with Crippen LogP contribution in [0, 0.1) is 0 Å². The fourth-order valence-electron chi connectivity index (χ4n) is 1.86. The van der Waals surface area contributed by atoms with Crippen molar-refractivity contribution in [1.82, 2.24) is 5.32 Å². The van der Waals surface area contributed by atoms with Crippen LogP contribution < -0.4 is 11.1 Å². The Morgan fingerprint density at radius 3 is 2.62 bits per heavy atom. The minimum absolute atomic E-state index is 0.0456. The summed E-state index contributed by atoms with van der Waals surface area (Å²) < 4.78 is 5.12. The van der Waals surface area contributed by atoms with Gasteiger partial charge in [0.15, 0.2) is 6.10 Å². The molecule has 1 aromatic rings. The zero-order chi connectivity index (χ0) is 16.0. The molecule has 0 aliphatic heterocycles. The molecule has 0 heterocycles. The van der Waals surface area contributed by atoms with Crippen LogP contribution in [0.15, 0.2) is 18.2 Å². The first-order valence-corrected chi connectivity index (χ1v) is 7.29. The Bertz CT molecular complexity index is 520. The van der Waals surface area contributed by atoms with Crippen LogP contribution in [0.4, 0.5) is 5.69 Å². The second kappa shape index (κ2) is 7.88. The smallest absolute Gasteiger partial charge is 0.341 e. The molecule has 0 fully saturated rings. The second-order valence-corrected chi connectivity index (χ2v) is 5.41. The van der Waals surface area contributed by atoms with E-state index in [2.05, 4.69) is 5.32 Å². The highest BCUT2D eigenvalue weighted by molar-refractivity contribution is 6.31. The number of anilines is 1. The Labute approximate surface area is 129 Å². The number of carbonyl (C=O) groups is 2. The number of amides is 1. The van der Waals surface area contributed by atoms with Crippen LogP contribution in [0.25, 0.3) is 0 Å². The molecule has 2 atom stereocenters. The van der Waals surface area contributed by atoms with Crippen molar-refractivity contribution in [2.75, 3.05) is 5.73 Å². The summed E-state index contributed by atoms with van der Waals surface area (Å²) in [5, 5.41) is 3.23. The zero-order valence-corrected chi connectivity index (χ0v) is 13.2. The summed E-state index contributed by atoms with van der Waals surface area (Å²) in [5.74, 6) is -0.966. The molecule has 0 aliphatic carbocycles. The van der Waals surface area contributed by atoms with Crippen molar-refractivity contribution in [3.63, 3.8) is 0 Å². The van der Waals surface area contributed by atoms with Gasteiger partial charge < -0.3 is 15.8 Å². The molecule has 0 aromatic heterocycles. The molecule has 2 unspecified atom stereocenters. The molecule has 0 saturated carbocycles. The van der Waals surface area contributed by atoms with Crippen LogP contribution in [0.3, 0.4) is 0 Å². The average molecular weight is 313 g/mol. The summed E-state index contributed by atoms with van der Waals surface area (Å²) in [5.41, 5.74) is 6.13. The molecular weight excluding hydrogens is 292 g/mol. The highest BCUT2D eigenvalue weighted by Crippen LogP contribution is 2.19. The van der Waals surface area contributed by atoms with Gasteiger partial charge in [-0.05, 0) is 38.5 Å². The molecule has 0 aliphatic rings. The Morgan fingerprint density at radius 1 is 1.38 bits per heavy atom. The first-order chi connectivity index (χ1) is 9.85. The highest BCUT2D eigenvalue weighted by Gasteiger charge is 2.21. The summed E-state index contributed by atoms with van der Waals surface area (Å²) in [4.78, 5) is 23.9. The number of halogens is 1. The van der Waals surface area contributed by atoms with Gasteiger partial charge in [0.2, 0.25) is 0 Å². The topological polar surface area (TPSA) is 81.4 Å². The summed E-state index contributed by atoms with van der Waals surface area (Å²) in [7, 11) is 0. The van der Waals surface area contributed by atoms with Gasteiger partial charge in [0.1, 0.15) is 0 Å². The van der Waals surface area contributed by atoms with Gasteiger partial charge in [-0.15, -0.1) is 0 Å². The molecule has 5 nitrogen and oxygen atoms in total. The predicted octanol–water partition coefficient (Wildman–Crippen LogP) is 2.77. The van der Waals surface area contributed by atoms with Crippen molar-refractivity contribution >= 4 is 29.2 Å². The second-order valence-electron chi connectivity index (χ2n) is 4.98.